The first-order chi connectivity index (χ1) is 13.3. The zero-order valence-corrected chi connectivity index (χ0v) is 16.7. The fraction of sp³-hybridized carbons (Fsp3) is 0.278. The highest BCUT2D eigenvalue weighted by Gasteiger charge is 2.37. The normalized spacial score (nSPS) is 16.1. The van der Waals surface area contributed by atoms with E-state index in [9.17, 15) is 23.3 Å². The van der Waals surface area contributed by atoms with Gasteiger partial charge in [0.25, 0.3) is 5.69 Å². The van der Waals surface area contributed by atoms with Gasteiger partial charge >= 0.3 is 5.97 Å². The second-order valence-corrected chi connectivity index (χ2v) is 8.97. The Morgan fingerprint density at radius 3 is 2.71 bits per heavy atom. The molecule has 1 aliphatic rings. The van der Waals surface area contributed by atoms with Gasteiger partial charge in [0, 0.05) is 12.5 Å². The molecule has 0 saturated heterocycles. The van der Waals surface area contributed by atoms with E-state index in [0.29, 0.717) is 4.88 Å². The molecule has 1 unspecified atom stereocenters. The molecule has 10 heteroatoms. The molecule has 0 bridgehead atoms. The van der Waals surface area contributed by atoms with Crippen LogP contribution in [0.15, 0.2) is 45.5 Å². The lowest BCUT2D eigenvalue weighted by molar-refractivity contribution is -0.385. The summed E-state index contributed by atoms with van der Waals surface area (Å²) in [7, 11) is -4.01. The average Bonchev–Trinajstić information content (AvgIpc) is 3.18. The van der Waals surface area contributed by atoms with Crippen molar-refractivity contribution in [3.05, 3.63) is 55.6 Å². The number of carbonyl (C=O) groups excluding carboxylic acids is 1. The van der Waals surface area contributed by atoms with E-state index in [2.05, 4.69) is 0 Å². The summed E-state index contributed by atoms with van der Waals surface area (Å²) >= 11 is 1.27. The Bertz CT molecular complexity index is 1060. The van der Waals surface area contributed by atoms with E-state index in [4.69, 9.17) is 9.47 Å². The van der Waals surface area contributed by atoms with Gasteiger partial charge in [-0.25, -0.2) is 8.42 Å². The van der Waals surface area contributed by atoms with Crippen LogP contribution in [-0.2, 0) is 19.4 Å². The molecule has 8 nitrogen and oxygen atoms in total. The van der Waals surface area contributed by atoms with E-state index in [1.807, 2.05) is 0 Å². The Kier molecular flexibility index (Phi) is 5.52. The van der Waals surface area contributed by atoms with Gasteiger partial charge in [-0.15, -0.1) is 11.3 Å². The summed E-state index contributed by atoms with van der Waals surface area (Å²) in [6, 6.07) is 6.78. The van der Waals surface area contributed by atoms with E-state index in [1.54, 1.807) is 31.4 Å². The number of thiophene rings is 1. The zero-order chi connectivity index (χ0) is 20.5. The van der Waals surface area contributed by atoms with E-state index >= 15 is 0 Å². The van der Waals surface area contributed by atoms with Crippen LogP contribution < -0.4 is 4.74 Å². The van der Waals surface area contributed by atoms with Crippen LogP contribution in [0.5, 0.6) is 5.75 Å². The smallest absolute Gasteiger partial charge is 0.308 e. The number of hydrogen-bond acceptors (Lipinski definition) is 8. The number of benzene rings is 1. The molecule has 1 aliphatic heterocycles. The number of nitrogens with zero attached hydrogens (tertiary/aromatic N) is 1. The fourth-order valence-corrected chi connectivity index (χ4v) is 5.32. The van der Waals surface area contributed by atoms with Crippen LogP contribution in [-0.4, -0.2) is 25.9 Å². The molecule has 0 radical (unpaired) electrons. The predicted octanol–water partition coefficient (Wildman–Crippen LogP) is 3.78. The van der Waals surface area contributed by atoms with Gasteiger partial charge < -0.3 is 9.47 Å². The average molecular weight is 423 g/mol. The minimum absolute atomic E-state index is 0.0446. The highest BCUT2D eigenvalue weighted by molar-refractivity contribution is 7.95. The maximum absolute atomic E-state index is 13.3. The van der Waals surface area contributed by atoms with E-state index in [-0.39, 0.29) is 40.0 Å². The summed E-state index contributed by atoms with van der Waals surface area (Å²) in [6.07, 6.45) is -0.106. The zero-order valence-electron chi connectivity index (χ0n) is 15.1. The summed E-state index contributed by atoms with van der Waals surface area (Å²) in [5.41, 5.74) is -0.275. The SMILES string of the molecule is CCOC(=O)C(C)CC1=C(c2cccs2)Oc2cc([N+](=O)[O-])ccc2S1(=O)=O. The molecule has 148 valence electrons. The summed E-state index contributed by atoms with van der Waals surface area (Å²) in [6.45, 7) is 3.44. The molecule has 0 amide bonds. The number of esters is 1. The van der Waals surface area contributed by atoms with E-state index < -0.39 is 26.6 Å². The maximum Gasteiger partial charge on any atom is 0.308 e. The molecule has 0 N–H and O–H groups in total. The number of sulfone groups is 1. The lowest BCUT2D eigenvalue weighted by Crippen LogP contribution is -2.22. The second kappa shape index (κ2) is 7.72. The molecule has 1 atom stereocenters. The monoisotopic (exact) mass is 423 g/mol. The number of hydrogen-bond donors (Lipinski definition) is 0. The largest absolute Gasteiger partial charge is 0.466 e. The lowest BCUT2D eigenvalue weighted by atomic mass is 10.1. The van der Waals surface area contributed by atoms with Crippen LogP contribution in [0.1, 0.15) is 25.1 Å². The minimum atomic E-state index is -4.01. The third-order valence-electron chi connectivity index (χ3n) is 4.14. The number of ether oxygens (including phenoxy) is 2. The van der Waals surface area contributed by atoms with Gasteiger partial charge in [0.2, 0.25) is 9.84 Å². The van der Waals surface area contributed by atoms with Crippen molar-refractivity contribution >= 4 is 38.6 Å². The van der Waals surface area contributed by atoms with Crippen molar-refractivity contribution in [1.29, 1.82) is 0 Å². The highest BCUT2D eigenvalue weighted by Crippen LogP contribution is 2.44. The third-order valence-corrected chi connectivity index (χ3v) is 6.93. The van der Waals surface area contributed by atoms with Crippen molar-refractivity contribution in [2.75, 3.05) is 6.61 Å². The molecular formula is C18H17NO7S2. The van der Waals surface area contributed by atoms with E-state index in [0.717, 1.165) is 18.2 Å². The van der Waals surface area contributed by atoms with Crippen LogP contribution in [0, 0.1) is 16.0 Å². The summed E-state index contributed by atoms with van der Waals surface area (Å²) in [5.74, 6) is -1.24. The van der Waals surface area contributed by atoms with Crippen molar-refractivity contribution in [3.8, 4) is 5.75 Å². The summed E-state index contributed by atoms with van der Waals surface area (Å²) in [5, 5.41) is 12.8. The van der Waals surface area contributed by atoms with E-state index in [1.165, 1.54) is 11.3 Å². The minimum Gasteiger partial charge on any atom is -0.466 e. The van der Waals surface area contributed by atoms with Crippen LogP contribution in [0.3, 0.4) is 0 Å². The number of rotatable bonds is 6. The van der Waals surface area contributed by atoms with Crippen LogP contribution >= 0.6 is 11.3 Å². The van der Waals surface area contributed by atoms with Gasteiger partial charge in [-0.3, -0.25) is 14.9 Å². The molecular weight excluding hydrogens is 406 g/mol. The first kappa shape index (κ1) is 20.0. The Morgan fingerprint density at radius 1 is 1.36 bits per heavy atom. The number of nitro benzene ring substituents is 1. The fourth-order valence-electron chi connectivity index (χ4n) is 2.78. The summed E-state index contributed by atoms with van der Waals surface area (Å²) in [4.78, 5) is 22.8. The molecule has 1 aromatic carbocycles. The number of non-ortho nitro benzene ring substituents is 1. The number of allylic oxidation sites excluding steroid dienone is 1. The Morgan fingerprint density at radius 2 is 2.11 bits per heavy atom. The summed E-state index contributed by atoms with van der Waals surface area (Å²) < 4.78 is 37.3. The second-order valence-electron chi connectivity index (χ2n) is 6.08. The first-order valence-corrected chi connectivity index (χ1v) is 10.8. The number of nitro groups is 1. The maximum atomic E-state index is 13.3. The molecule has 0 saturated carbocycles. The van der Waals surface area contributed by atoms with Crippen molar-refractivity contribution in [2.24, 2.45) is 5.92 Å². The van der Waals surface area contributed by atoms with Gasteiger partial charge in [-0.05, 0) is 24.4 Å². The lowest BCUT2D eigenvalue weighted by Gasteiger charge is -2.24. The topological polar surface area (TPSA) is 113 Å². The molecule has 0 fully saturated rings. The van der Waals surface area contributed by atoms with Gasteiger partial charge in [0.05, 0.1) is 33.3 Å². The van der Waals surface area contributed by atoms with Gasteiger partial charge in [0.1, 0.15) is 4.90 Å². The van der Waals surface area contributed by atoms with Gasteiger partial charge in [-0.1, -0.05) is 13.0 Å². The Labute approximate surface area is 165 Å². The quantitative estimate of drug-likeness (QED) is 0.395. The molecule has 3 rings (SSSR count). The molecule has 0 spiro atoms. The predicted molar refractivity (Wildman–Crippen MR) is 103 cm³/mol. The van der Waals surface area contributed by atoms with Crippen molar-refractivity contribution < 1.29 is 27.6 Å². The molecule has 2 aromatic rings. The number of fused-ring (bicyclic) bond motifs is 1. The standard InChI is InChI=1S/C18H17NO7S2/c1-3-25-18(20)11(2)9-16-17(14-5-4-8-27-14)26-13-10-12(19(21)22)6-7-15(13)28(16,23)24/h4-8,10-11H,3,9H2,1-2H3. The highest BCUT2D eigenvalue weighted by atomic mass is 32.2. The number of carbonyl (C=O) groups is 1. The van der Waals surface area contributed by atoms with Gasteiger partial charge in [-0.2, -0.15) is 0 Å². The molecule has 1 aromatic heterocycles. The van der Waals surface area contributed by atoms with Gasteiger partial charge in [0.15, 0.2) is 11.5 Å². The van der Waals surface area contributed by atoms with Crippen molar-refractivity contribution in [2.45, 2.75) is 25.2 Å². The van der Waals surface area contributed by atoms with Crippen LogP contribution in [0.25, 0.3) is 5.76 Å². The first-order valence-electron chi connectivity index (χ1n) is 8.40. The Balaban J connectivity index is 2.13. The van der Waals surface area contributed by atoms with Crippen molar-refractivity contribution in [3.63, 3.8) is 0 Å². The van der Waals surface area contributed by atoms with Crippen LogP contribution in [0.4, 0.5) is 5.69 Å². The van der Waals surface area contributed by atoms with Crippen molar-refractivity contribution in [1.82, 2.24) is 0 Å². The molecule has 28 heavy (non-hydrogen) atoms. The molecule has 0 aliphatic carbocycles. The van der Waals surface area contributed by atoms with Crippen LogP contribution in [0.2, 0.25) is 0 Å². The third kappa shape index (κ3) is 3.65. The Hall–Kier alpha value is -2.72. The molecule has 2 heterocycles.